The molecule has 16 heavy (non-hydrogen) atoms. The van der Waals surface area contributed by atoms with Gasteiger partial charge in [0, 0.05) is 6.54 Å². The number of rotatable bonds is 3. The van der Waals surface area contributed by atoms with Crippen LogP contribution in [0.5, 0.6) is 0 Å². The van der Waals surface area contributed by atoms with Gasteiger partial charge in [0.05, 0.1) is 6.07 Å². The fourth-order valence-corrected chi connectivity index (χ4v) is 2.19. The molecule has 1 heterocycles. The third kappa shape index (κ3) is 2.35. The van der Waals surface area contributed by atoms with Gasteiger partial charge in [-0.05, 0) is 51.7 Å². The first kappa shape index (κ1) is 11.4. The summed E-state index contributed by atoms with van der Waals surface area (Å²) >= 11 is 0. The third-order valence-electron chi connectivity index (χ3n) is 3.79. The molecule has 2 rings (SSSR count). The number of amides is 1. The molecular weight excluding hydrogens is 202 g/mol. The summed E-state index contributed by atoms with van der Waals surface area (Å²) in [6.07, 6.45) is 3.78. The Morgan fingerprint density at radius 1 is 1.50 bits per heavy atom. The van der Waals surface area contributed by atoms with Crippen molar-refractivity contribution in [3.63, 3.8) is 0 Å². The molecule has 1 aliphatic heterocycles. The number of carbonyl (C=O) groups is 1. The Morgan fingerprint density at radius 2 is 2.12 bits per heavy atom. The molecular formula is C12H19N3O. The molecule has 1 saturated heterocycles. The average molecular weight is 221 g/mol. The van der Waals surface area contributed by atoms with Crippen molar-refractivity contribution in [1.82, 2.24) is 10.2 Å². The lowest BCUT2D eigenvalue weighted by molar-refractivity contribution is -0.124. The molecule has 1 amide bonds. The van der Waals surface area contributed by atoms with E-state index < -0.39 is 5.41 Å². The van der Waals surface area contributed by atoms with Crippen LogP contribution in [0.3, 0.4) is 0 Å². The van der Waals surface area contributed by atoms with Crippen LogP contribution in [0.2, 0.25) is 0 Å². The first-order chi connectivity index (χ1) is 7.66. The zero-order valence-electron chi connectivity index (χ0n) is 9.83. The molecule has 0 aromatic rings. The number of likely N-dealkylation sites (tertiary alicyclic amines) is 1. The highest BCUT2D eigenvalue weighted by molar-refractivity contribution is 5.88. The maximum absolute atomic E-state index is 11.7. The molecule has 2 aliphatic rings. The van der Waals surface area contributed by atoms with Crippen molar-refractivity contribution >= 4 is 5.91 Å². The summed E-state index contributed by atoms with van der Waals surface area (Å²) in [7, 11) is 2.13. The zero-order valence-corrected chi connectivity index (χ0v) is 9.83. The summed E-state index contributed by atoms with van der Waals surface area (Å²) in [5, 5.41) is 11.8. The van der Waals surface area contributed by atoms with Crippen LogP contribution in [0.25, 0.3) is 0 Å². The van der Waals surface area contributed by atoms with Gasteiger partial charge in [-0.1, -0.05) is 0 Å². The smallest absolute Gasteiger partial charge is 0.240 e. The SMILES string of the molecule is CN1CCC(CNC(=O)C2(C#N)CC2)CC1. The summed E-state index contributed by atoms with van der Waals surface area (Å²) in [5.74, 6) is 0.545. The molecule has 2 fully saturated rings. The van der Waals surface area contributed by atoms with Crippen molar-refractivity contribution in [2.75, 3.05) is 26.7 Å². The van der Waals surface area contributed by atoms with E-state index in [0.29, 0.717) is 5.92 Å². The first-order valence-corrected chi connectivity index (χ1v) is 6.04. The summed E-state index contributed by atoms with van der Waals surface area (Å²) < 4.78 is 0. The molecule has 0 aromatic carbocycles. The number of hydrogen-bond acceptors (Lipinski definition) is 3. The van der Waals surface area contributed by atoms with E-state index >= 15 is 0 Å². The standard InChI is InChI=1S/C12H19N3O/c1-15-6-2-10(3-7-15)8-14-11(16)12(9-13)4-5-12/h10H,2-8H2,1H3,(H,14,16). The zero-order chi connectivity index (χ0) is 11.6. The monoisotopic (exact) mass is 221 g/mol. The molecule has 0 bridgehead atoms. The molecule has 4 nitrogen and oxygen atoms in total. The van der Waals surface area contributed by atoms with Gasteiger partial charge >= 0.3 is 0 Å². The molecule has 1 aliphatic carbocycles. The average Bonchev–Trinajstić information content (AvgIpc) is 3.09. The molecule has 88 valence electrons. The minimum atomic E-state index is -0.661. The van der Waals surface area contributed by atoms with Gasteiger partial charge in [0.25, 0.3) is 0 Å². The molecule has 0 unspecified atom stereocenters. The minimum absolute atomic E-state index is 0.0473. The Kier molecular flexibility index (Phi) is 3.15. The van der Waals surface area contributed by atoms with E-state index in [2.05, 4.69) is 23.3 Å². The van der Waals surface area contributed by atoms with Crippen LogP contribution < -0.4 is 5.32 Å². The van der Waals surface area contributed by atoms with Crippen LogP contribution in [-0.4, -0.2) is 37.5 Å². The number of nitrogens with zero attached hydrogens (tertiary/aromatic N) is 2. The van der Waals surface area contributed by atoms with Crippen molar-refractivity contribution < 1.29 is 4.79 Å². The summed E-state index contributed by atoms with van der Waals surface area (Å²) in [4.78, 5) is 14.0. The predicted molar refractivity (Wildman–Crippen MR) is 60.5 cm³/mol. The first-order valence-electron chi connectivity index (χ1n) is 6.04. The van der Waals surface area contributed by atoms with Crippen molar-refractivity contribution in [3.8, 4) is 6.07 Å². The number of piperidine rings is 1. The molecule has 0 radical (unpaired) electrons. The van der Waals surface area contributed by atoms with Crippen LogP contribution in [0.15, 0.2) is 0 Å². The summed E-state index contributed by atoms with van der Waals surface area (Å²) in [6, 6.07) is 2.13. The van der Waals surface area contributed by atoms with E-state index in [9.17, 15) is 4.79 Å². The van der Waals surface area contributed by atoms with E-state index in [0.717, 1.165) is 45.3 Å². The Hall–Kier alpha value is -1.08. The van der Waals surface area contributed by atoms with Gasteiger partial charge in [-0.25, -0.2) is 0 Å². The number of carbonyl (C=O) groups excluding carboxylic acids is 1. The highest BCUT2D eigenvalue weighted by Gasteiger charge is 2.50. The normalized spacial score (nSPS) is 24.8. The predicted octanol–water partition coefficient (Wildman–Crippen LogP) is 0.748. The van der Waals surface area contributed by atoms with Crippen molar-refractivity contribution in [2.45, 2.75) is 25.7 Å². The Bertz CT molecular complexity index is 309. The van der Waals surface area contributed by atoms with Crippen molar-refractivity contribution in [1.29, 1.82) is 5.26 Å². The number of nitrogens with one attached hydrogen (secondary N) is 1. The lowest BCUT2D eigenvalue weighted by Gasteiger charge is -2.29. The highest BCUT2D eigenvalue weighted by Crippen LogP contribution is 2.44. The molecule has 0 spiro atoms. The lowest BCUT2D eigenvalue weighted by atomic mass is 9.97. The molecule has 1 N–H and O–H groups in total. The minimum Gasteiger partial charge on any atom is -0.354 e. The van der Waals surface area contributed by atoms with Gasteiger partial charge in [0.1, 0.15) is 5.41 Å². The van der Waals surface area contributed by atoms with Gasteiger partial charge in [0.2, 0.25) is 5.91 Å². The van der Waals surface area contributed by atoms with Gasteiger partial charge in [-0.15, -0.1) is 0 Å². The quantitative estimate of drug-likeness (QED) is 0.765. The van der Waals surface area contributed by atoms with E-state index in [1.807, 2.05) is 0 Å². The molecule has 1 saturated carbocycles. The van der Waals surface area contributed by atoms with Gasteiger partial charge < -0.3 is 10.2 Å². The number of nitriles is 1. The topological polar surface area (TPSA) is 56.1 Å². The Labute approximate surface area is 96.6 Å². The maximum Gasteiger partial charge on any atom is 0.240 e. The molecule has 0 aromatic heterocycles. The summed E-state index contributed by atoms with van der Waals surface area (Å²) in [5.41, 5.74) is -0.661. The van der Waals surface area contributed by atoms with Crippen LogP contribution in [0.4, 0.5) is 0 Å². The highest BCUT2D eigenvalue weighted by atomic mass is 16.2. The third-order valence-corrected chi connectivity index (χ3v) is 3.79. The van der Waals surface area contributed by atoms with Crippen molar-refractivity contribution in [2.24, 2.45) is 11.3 Å². The largest absolute Gasteiger partial charge is 0.354 e. The fourth-order valence-electron chi connectivity index (χ4n) is 2.19. The fraction of sp³-hybridized carbons (Fsp3) is 0.833. The second-order valence-electron chi connectivity index (χ2n) is 5.15. The molecule has 4 heteroatoms. The van der Waals surface area contributed by atoms with Crippen LogP contribution in [0, 0.1) is 22.7 Å². The van der Waals surface area contributed by atoms with Crippen molar-refractivity contribution in [3.05, 3.63) is 0 Å². The number of hydrogen-bond donors (Lipinski definition) is 1. The van der Waals surface area contributed by atoms with Gasteiger partial charge in [-0.2, -0.15) is 5.26 Å². The second kappa shape index (κ2) is 4.42. The van der Waals surface area contributed by atoms with E-state index in [-0.39, 0.29) is 5.91 Å². The second-order valence-corrected chi connectivity index (χ2v) is 5.15. The van der Waals surface area contributed by atoms with Crippen LogP contribution >= 0.6 is 0 Å². The van der Waals surface area contributed by atoms with Gasteiger partial charge in [-0.3, -0.25) is 4.79 Å². The van der Waals surface area contributed by atoms with E-state index in [4.69, 9.17) is 5.26 Å². The van der Waals surface area contributed by atoms with E-state index in [1.54, 1.807) is 0 Å². The Morgan fingerprint density at radius 3 is 2.62 bits per heavy atom. The Balaban J connectivity index is 1.72. The maximum atomic E-state index is 11.7. The molecule has 0 atom stereocenters. The van der Waals surface area contributed by atoms with Crippen LogP contribution in [0.1, 0.15) is 25.7 Å². The lowest BCUT2D eigenvalue weighted by Crippen LogP contribution is -2.39. The van der Waals surface area contributed by atoms with E-state index in [1.165, 1.54) is 0 Å². The summed E-state index contributed by atoms with van der Waals surface area (Å²) in [6.45, 7) is 2.98. The van der Waals surface area contributed by atoms with Crippen LogP contribution in [-0.2, 0) is 4.79 Å². The van der Waals surface area contributed by atoms with Gasteiger partial charge in [0.15, 0.2) is 0 Å².